The van der Waals surface area contributed by atoms with Gasteiger partial charge < -0.3 is 10.1 Å². The molecule has 0 aliphatic carbocycles. The normalized spacial score (nSPS) is 23.2. The second-order valence-corrected chi connectivity index (χ2v) is 8.26. The number of ether oxygens (including phenoxy) is 1. The maximum atomic E-state index is 13.6. The quantitative estimate of drug-likeness (QED) is 0.816. The summed E-state index contributed by atoms with van der Waals surface area (Å²) in [6.07, 6.45) is 7.39. The molecule has 1 aromatic heterocycles. The SMILES string of the molecule is O=C1COc2ccc(F)cc2CCCC[C@@H]2CN(Cc3cncc(F)c3)CC[C@@H]2N1. The van der Waals surface area contributed by atoms with Crippen molar-refractivity contribution >= 4 is 5.91 Å². The van der Waals surface area contributed by atoms with Gasteiger partial charge in [0.2, 0.25) is 0 Å². The molecule has 4 rings (SSSR count). The molecule has 160 valence electrons. The molecule has 0 saturated carbocycles. The maximum Gasteiger partial charge on any atom is 0.258 e. The lowest BCUT2D eigenvalue weighted by atomic mass is 9.87. The monoisotopic (exact) mass is 415 g/mol. The Hall–Kier alpha value is -2.54. The number of benzene rings is 1. The minimum Gasteiger partial charge on any atom is -0.483 e. The Morgan fingerprint density at radius 1 is 1.13 bits per heavy atom. The van der Waals surface area contributed by atoms with Crippen LogP contribution in [0.3, 0.4) is 0 Å². The lowest BCUT2D eigenvalue weighted by Crippen LogP contribution is -2.51. The molecule has 0 spiro atoms. The van der Waals surface area contributed by atoms with Gasteiger partial charge in [-0.25, -0.2) is 8.78 Å². The number of carbonyl (C=O) groups is 1. The molecule has 2 aliphatic heterocycles. The van der Waals surface area contributed by atoms with Gasteiger partial charge in [-0.1, -0.05) is 6.42 Å². The third-order valence-electron chi connectivity index (χ3n) is 5.98. The van der Waals surface area contributed by atoms with Crippen molar-refractivity contribution in [1.82, 2.24) is 15.2 Å². The minimum atomic E-state index is -0.322. The first-order chi connectivity index (χ1) is 14.6. The van der Waals surface area contributed by atoms with Crippen molar-refractivity contribution in [2.24, 2.45) is 5.92 Å². The molecule has 1 aromatic carbocycles. The molecule has 30 heavy (non-hydrogen) atoms. The number of aryl methyl sites for hydroxylation is 1. The van der Waals surface area contributed by atoms with Crippen molar-refractivity contribution in [1.29, 1.82) is 0 Å². The largest absolute Gasteiger partial charge is 0.483 e. The molecule has 2 aliphatic rings. The molecule has 1 amide bonds. The van der Waals surface area contributed by atoms with Crippen LogP contribution in [0.15, 0.2) is 36.7 Å². The fourth-order valence-electron chi connectivity index (χ4n) is 4.53. The number of rotatable bonds is 2. The summed E-state index contributed by atoms with van der Waals surface area (Å²) in [5.41, 5.74) is 1.67. The van der Waals surface area contributed by atoms with Crippen molar-refractivity contribution in [3.05, 3.63) is 59.4 Å². The van der Waals surface area contributed by atoms with Crippen LogP contribution < -0.4 is 10.1 Å². The number of nitrogens with one attached hydrogen (secondary N) is 1. The highest BCUT2D eigenvalue weighted by atomic mass is 19.1. The first-order valence-corrected chi connectivity index (χ1v) is 10.6. The van der Waals surface area contributed by atoms with Gasteiger partial charge in [-0.15, -0.1) is 0 Å². The second kappa shape index (κ2) is 9.51. The lowest BCUT2D eigenvalue weighted by Gasteiger charge is -2.39. The van der Waals surface area contributed by atoms with E-state index in [1.165, 1.54) is 24.4 Å². The third kappa shape index (κ3) is 5.33. The molecular formula is C23H27F2N3O2. The number of likely N-dealkylation sites (tertiary alicyclic amines) is 1. The molecule has 0 radical (unpaired) electrons. The predicted molar refractivity (Wildman–Crippen MR) is 109 cm³/mol. The highest BCUT2D eigenvalue weighted by Crippen LogP contribution is 2.27. The smallest absolute Gasteiger partial charge is 0.258 e. The Labute approximate surface area is 175 Å². The van der Waals surface area contributed by atoms with Gasteiger partial charge in [0.1, 0.15) is 17.4 Å². The van der Waals surface area contributed by atoms with Crippen LogP contribution in [-0.4, -0.2) is 41.5 Å². The summed E-state index contributed by atoms with van der Waals surface area (Å²) >= 11 is 0. The highest BCUT2D eigenvalue weighted by Gasteiger charge is 2.30. The Morgan fingerprint density at radius 3 is 2.90 bits per heavy atom. The van der Waals surface area contributed by atoms with Gasteiger partial charge in [0.15, 0.2) is 6.61 Å². The molecular weight excluding hydrogens is 388 g/mol. The van der Waals surface area contributed by atoms with E-state index in [2.05, 4.69) is 15.2 Å². The molecule has 2 aromatic rings. The van der Waals surface area contributed by atoms with E-state index in [9.17, 15) is 13.6 Å². The zero-order valence-corrected chi connectivity index (χ0v) is 16.9. The Kier molecular flexibility index (Phi) is 6.57. The summed E-state index contributed by atoms with van der Waals surface area (Å²) in [7, 11) is 0. The number of hydrogen-bond acceptors (Lipinski definition) is 4. The van der Waals surface area contributed by atoms with E-state index in [1.54, 1.807) is 12.3 Å². The number of piperidine rings is 1. The fraction of sp³-hybridized carbons (Fsp3) is 0.478. The first-order valence-electron chi connectivity index (χ1n) is 10.6. The zero-order valence-electron chi connectivity index (χ0n) is 16.9. The van der Waals surface area contributed by atoms with Crippen molar-refractivity contribution < 1.29 is 18.3 Å². The van der Waals surface area contributed by atoms with Gasteiger partial charge in [0, 0.05) is 31.9 Å². The molecule has 5 nitrogen and oxygen atoms in total. The number of pyridine rings is 1. The Balaban J connectivity index is 1.42. The van der Waals surface area contributed by atoms with E-state index in [0.717, 1.165) is 56.3 Å². The molecule has 1 N–H and O–H groups in total. The number of carbonyl (C=O) groups excluding carboxylic acids is 1. The predicted octanol–water partition coefficient (Wildman–Crippen LogP) is 3.47. The van der Waals surface area contributed by atoms with Gasteiger partial charge in [0.05, 0.1) is 6.20 Å². The molecule has 2 atom stereocenters. The van der Waals surface area contributed by atoms with Crippen LogP contribution in [0, 0.1) is 17.6 Å². The van der Waals surface area contributed by atoms with Gasteiger partial charge in [-0.05, 0) is 67.0 Å². The Bertz CT molecular complexity index is 893. The summed E-state index contributed by atoms with van der Waals surface area (Å²) in [5.74, 6) is 0.141. The average molecular weight is 415 g/mol. The van der Waals surface area contributed by atoms with Gasteiger partial charge in [-0.2, -0.15) is 0 Å². The summed E-state index contributed by atoms with van der Waals surface area (Å²) < 4.78 is 32.8. The van der Waals surface area contributed by atoms with Gasteiger partial charge in [0.25, 0.3) is 5.91 Å². The van der Waals surface area contributed by atoms with Crippen LogP contribution >= 0.6 is 0 Å². The van der Waals surface area contributed by atoms with Crippen LogP contribution in [-0.2, 0) is 17.8 Å². The summed E-state index contributed by atoms with van der Waals surface area (Å²) in [6.45, 7) is 2.26. The summed E-state index contributed by atoms with van der Waals surface area (Å²) in [6, 6.07) is 6.09. The van der Waals surface area contributed by atoms with Crippen LogP contribution in [0.2, 0.25) is 0 Å². The fourth-order valence-corrected chi connectivity index (χ4v) is 4.53. The van der Waals surface area contributed by atoms with Crippen LogP contribution in [0.5, 0.6) is 5.75 Å². The number of fused-ring (bicyclic) bond motifs is 2. The minimum absolute atomic E-state index is 0.0689. The summed E-state index contributed by atoms with van der Waals surface area (Å²) in [4.78, 5) is 18.7. The second-order valence-electron chi connectivity index (χ2n) is 8.26. The van der Waals surface area contributed by atoms with Crippen LogP contribution in [0.1, 0.15) is 36.8 Å². The summed E-state index contributed by atoms with van der Waals surface area (Å²) in [5, 5.41) is 3.14. The van der Waals surface area contributed by atoms with Crippen LogP contribution in [0.4, 0.5) is 8.78 Å². The number of aromatic nitrogens is 1. The van der Waals surface area contributed by atoms with Crippen LogP contribution in [0.25, 0.3) is 0 Å². The van der Waals surface area contributed by atoms with E-state index < -0.39 is 0 Å². The van der Waals surface area contributed by atoms with Gasteiger partial charge in [-0.3, -0.25) is 14.7 Å². The zero-order chi connectivity index (χ0) is 20.9. The molecule has 1 saturated heterocycles. The number of halogens is 2. The van der Waals surface area contributed by atoms with E-state index in [1.807, 2.05) is 0 Å². The third-order valence-corrected chi connectivity index (χ3v) is 5.98. The maximum absolute atomic E-state index is 13.6. The highest BCUT2D eigenvalue weighted by molar-refractivity contribution is 5.78. The molecule has 1 fully saturated rings. The Morgan fingerprint density at radius 2 is 2.03 bits per heavy atom. The van der Waals surface area contributed by atoms with E-state index >= 15 is 0 Å². The molecule has 0 unspecified atom stereocenters. The first kappa shape index (κ1) is 20.7. The standard InChI is InChI=1S/C23H27F2N3O2/c24-19-5-6-22-17(10-19)3-1-2-4-18-14-28(13-16-9-20(25)12-26-11-16)8-7-21(18)27-23(29)15-30-22/h5-6,9-12,18,21H,1-4,7-8,13-15H2,(H,27,29)/t18-,21+/m1/s1. The van der Waals surface area contributed by atoms with Crippen molar-refractivity contribution in [3.8, 4) is 5.75 Å². The van der Waals surface area contributed by atoms with Crippen molar-refractivity contribution in [3.63, 3.8) is 0 Å². The number of hydrogen-bond donors (Lipinski definition) is 1. The molecule has 7 heteroatoms. The number of amides is 1. The average Bonchev–Trinajstić information content (AvgIpc) is 2.71. The number of nitrogens with zero attached hydrogens (tertiary/aromatic N) is 2. The molecule has 3 heterocycles. The van der Waals surface area contributed by atoms with Gasteiger partial charge >= 0.3 is 0 Å². The van der Waals surface area contributed by atoms with Crippen molar-refractivity contribution in [2.75, 3.05) is 19.7 Å². The lowest BCUT2D eigenvalue weighted by molar-refractivity contribution is -0.124. The topological polar surface area (TPSA) is 54.5 Å². The van der Waals surface area contributed by atoms with E-state index in [0.29, 0.717) is 18.2 Å². The van der Waals surface area contributed by atoms with E-state index in [4.69, 9.17) is 4.74 Å². The van der Waals surface area contributed by atoms with Crippen molar-refractivity contribution in [2.45, 2.75) is 44.7 Å². The van der Waals surface area contributed by atoms with E-state index in [-0.39, 0.29) is 30.2 Å². The molecule has 0 bridgehead atoms.